The van der Waals surface area contributed by atoms with Crippen molar-refractivity contribution in [3.63, 3.8) is 0 Å². The van der Waals surface area contributed by atoms with Crippen LogP contribution in [0.4, 0.5) is 0 Å². The molecule has 1 saturated carbocycles. The minimum absolute atomic E-state index is 0.389. The fourth-order valence-electron chi connectivity index (χ4n) is 2.65. The summed E-state index contributed by atoms with van der Waals surface area (Å²) in [5.74, 6) is 0. The van der Waals surface area contributed by atoms with Gasteiger partial charge in [0.25, 0.3) is 0 Å². The molecule has 0 spiro atoms. The summed E-state index contributed by atoms with van der Waals surface area (Å²) in [6, 6.07) is 0.488. The third-order valence-corrected chi connectivity index (χ3v) is 3.39. The Hall–Kier alpha value is -0.160. The Labute approximate surface area is 105 Å². The zero-order chi connectivity index (χ0) is 12.9. The van der Waals surface area contributed by atoms with Crippen LogP contribution in [0.3, 0.4) is 0 Å². The molecule has 0 amide bonds. The number of likely N-dealkylation sites (N-methyl/N-ethyl adjacent to an activating group) is 1. The molecule has 1 aliphatic rings. The number of hydrogen-bond acceptors (Lipinski definition) is 4. The molecule has 2 N–H and O–H groups in total. The minimum atomic E-state index is -0.663. The lowest BCUT2D eigenvalue weighted by Gasteiger charge is -2.33. The maximum absolute atomic E-state index is 10.2. The summed E-state index contributed by atoms with van der Waals surface area (Å²) in [5, 5.41) is 13.7. The van der Waals surface area contributed by atoms with Crippen LogP contribution in [0, 0.1) is 0 Å². The molecule has 0 saturated heterocycles. The maximum Gasteiger partial charge on any atom is 0.0869 e. The molecule has 102 valence electrons. The van der Waals surface area contributed by atoms with Gasteiger partial charge in [0, 0.05) is 26.2 Å². The number of rotatable bonds is 6. The van der Waals surface area contributed by atoms with Crippen molar-refractivity contribution in [2.75, 3.05) is 34.3 Å². The first-order chi connectivity index (χ1) is 7.93. The lowest BCUT2D eigenvalue weighted by atomic mass is 9.92. The van der Waals surface area contributed by atoms with E-state index in [0.29, 0.717) is 25.2 Å². The van der Waals surface area contributed by atoms with Crippen LogP contribution in [0.5, 0.6) is 0 Å². The highest BCUT2D eigenvalue weighted by molar-refractivity contribution is 4.84. The largest absolute Gasteiger partial charge is 0.388 e. The van der Waals surface area contributed by atoms with Crippen LogP contribution in [0.1, 0.15) is 32.6 Å². The molecule has 0 heterocycles. The van der Waals surface area contributed by atoms with Crippen LogP contribution < -0.4 is 5.32 Å². The van der Waals surface area contributed by atoms with Crippen LogP contribution >= 0.6 is 0 Å². The summed E-state index contributed by atoms with van der Waals surface area (Å²) in [4.78, 5) is 2.01. The molecule has 0 aromatic heterocycles. The Kier molecular flexibility index (Phi) is 5.86. The monoisotopic (exact) mass is 244 g/mol. The number of aliphatic hydroxyl groups is 1. The van der Waals surface area contributed by atoms with Crippen molar-refractivity contribution in [3.8, 4) is 0 Å². The quantitative estimate of drug-likeness (QED) is 0.727. The van der Waals surface area contributed by atoms with E-state index in [1.807, 2.05) is 25.9 Å². The standard InChI is InChI=1S/C13H28N2O2/c1-13(16,10-15(2)3)9-14-11-6-5-7-12(8-11)17-4/h11-12,14,16H,5-10H2,1-4H3. The Bertz CT molecular complexity index is 219. The molecule has 0 aromatic rings. The molecular formula is C13H28N2O2. The smallest absolute Gasteiger partial charge is 0.0869 e. The molecular weight excluding hydrogens is 216 g/mol. The first-order valence-corrected chi connectivity index (χ1v) is 6.56. The first-order valence-electron chi connectivity index (χ1n) is 6.56. The highest BCUT2D eigenvalue weighted by Crippen LogP contribution is 2.21. The van der Waals surface area contributed by atoms with Gasteiger partial charge in [-0.2, -0.15) is 0 Å². The number of hydrogen-bond donors (Lipinski definition) is 2. The van der Waals surface area contributed by atoms with E-state index in [9.17, 15) is 5.11 Å². The maximum atomic E-state index is 10.2. The van der Waals surface area contributed by atoms with Crippen molar-refractivity contribution in [1.29, 1.82) is 0 Å². The average molecular weight is 244 g/mol. The molecule has 0 aromatic carbocycles. The highest BCUT2D eigenvalue weighted by atomic mass is 16.5. The van der Waals surface area contributed by atoms with E-state index in [2.05, 4.69) is 5.32 Å². The molecule has 1 aliphatic carbocycles. The van der Waals surface area contributed by atoms with Gasteiger partial charge >= 0.3 is 0 Å². The van der Waals surface area contributed by atoms with Gasteiger partial charge in [-0.15, -0.1) is 0 Å². The molecule has 1 rings (SSSR count). The Morgan fingerprint density at radius 2 is 2.12 bits per heavy atom. The van der Waals surface area contributed by atoms with Crippen LogP contribution in [-0.2, 0) is 4.74 Å². The lowest BCUT2D eigenvalue weighted by Crippen LogP contribution is -2.49. The second kappa shape index (κ2) is 6.69. The van der Waals surface area contributed by atoms with Gasteiger partial charge < -0.3 is 20.1 Å². The second-order valence-corrected chi connectivity index (χ2v) is 5.84. The van der Waals surface area contributed by atoms with E-state index in [1.165, 1.54) is 19.3 Å². The van der Waals surface area contributed by atoms with Gasteiger partial charge in [-0.25, -0.2) is 0 Å². The van der Waals surface area contributed by atoms with Gasteiger partial charge in [0.05, 0.1) is 11.7 Å². The average Bonchev–Trinajstić information content (AvgIpc) is 2.25. The summed E-state index contributed by atoms with van der Waals surface area (Å²) in [5.41, 5.74) is -0.663. The van der Waals surface area contributed by atoms with Gasteiger partial charge in [0.15, 0.2) is 0 Å². The van der Waals surface area contributed by atoms with Crippen molar-refractivity contribution >= 4 is 0 Å². The van der Waals surface area contributed by atoms with E-state index in [4.69, 9.17) is 4.74 Å². The molecule has 0 aliphatic heterocycles. The Morgan fingerprint density at radius 1 is 1.41 bits per heavy atom. The van der Waals surface area contributed by atoms with Gasteiger partial charge in [0.1, 0.15) is 0 Å². The van der Waals surface area contributed by atoms with Gasteiger partial charge in [-0.1, -0.05) is 0 Å². The molecule has 4 nitrogen and oxygen atoms in total. The number of nitrogens with zero attached hydrogens (tertiary/aromatic N) is 1. The summed E-state index contributed by atoms with van der Waals surface area (Å²) in [6.45, 7) is 3.21. The first kappa shape index (κ1) is 14.9. The molecule has 3 unspecified atom stereocenters. The normalized spacial score (nSPS) is 29.3. The third-order valence-electron chi connectivity index (χ3n) is 3.39. The Morgan fingerprint density at radius 3 is 2.71 bits per heavy atom. The van der Waals surface area contributed by atoms with E-state index in [-0.39, 0.29) is 0 Å². The zero-order valence-electron chi connectivity index (χ0n) is 11.7. The predicted octanol–water partition coefficient (Wildman–Crippen LogP) is 0.846. The fraction of sp³-hybridized carbons (Fsp3) is 1.00. The summed E-state index contributed by atoms with van der Waals surface area (Å²) < 4.78 is 5.41. The van der Waals surface area contributed by atoms with Crippen molar-refractivity contribution in [2.24, 2.45) is 0 Å². The topological polar surface area (TPSA) is 44.7 Å². The summed E-state index contributed by atoms with van der Waals surface area (Å²) in [6.07, 6.45) is 5.03. The lowest BCUT2D eigenvalue weighted by molar-refractivity contribution is 0.0212. The van der Waals surface area contributed by atoms with E-state index in [1.54, 1.807) is 7.11 Å². The van der Waals surface area contributed by atoms with E-state index < -0.39 is 5.60 Å². The van der Waals surface area contributed by atoms with Gasteiger partial charge in [-0.05, 0) is 46.7 Å². The van der Waals surface area contributed by atoms with Gasteiger partial charge in [0.2, 0.25) is 0 Å². The van der Waals surface area contributed by atoms with Crippen molar-refractivity contribution in [1.82, 2.24) is 10.2 Å². The highest BCUT2D eigenvalue weighted by Gasteiger charge is 2.26. The second-order valence-electron chi connectivity index (χ2n) is 5.84. The van der Waals surface area contributed by atoms with Crippen molar-refractivity contribution in [2.45, 2.75) is 50.4 Å². The van der Waals surface area contributed by atoms with Crippen LogP contribution in [-0.4, -0.2) is 62.0 Å². The number of ether oxygens (including phenoxy) is 1. The molecule has 4 heteroatoms. The van der Waals surface area contributed by atoms with Crippen LogP contribution in [0.25, 0.3) is 0 Å². The molecule has 17 heavy (non-hydrogen) atoms. The summed E-state index contributed by atoms with van der Waals surface area (Å²) >= 11 is 0. The van der Waals surface area contributed by atoms with Crippen molar-refractivity contribution in [3.05, 3.63) is 0 Å². The number of methoxy groups -OCH3 is 1. The van der Waals surface area contributed by atoms with Crippen molar-refractivity contribution < 1.29 is 9.84 Å². The van der Waals surface area contributed by atoms with E-state index in [0.717, 1.165) is 6.42 Å². The molecule has 1 fully saturated rings. The fourth-order valence-corrected chi connectivity index (χ4v) is 2.65. The minimum Gasteiger partial charge on any atom is -0.388 e. The van der Waals surface area contributed by atoms with Gasteiger partial charge in [-0.3, -0.25) is 0 Å². The Balaban J connectivity index is 2.29. The molecule has 3 atom stereocenters. The zero-order valence-corrected chi connectivity index (χ0v) is 11.7. The van der Waals surface area contributed by atoms with Crippen LogP contribution in [0.15, 0.2) is 0 Å². The molecule has 0 bridgehead atoms. The molecule has 0 radical (unpaired) electrons. The van der Waals surface area contributed by atoms with Crippen LogP contribution in [0.2, 0.25) is 0 Å². The predicted molar refractivity (Wildman–Crippen MR) is 70.2 cm³/mol. The van der Waals surface area contributed by atoms with E-state index >= 15 is 0 Å². The summed E-state index contributed by atoms with van der Waals surface area (Å²) in [7, 11) is 5.75. The third kappa shape index (κ3) is 5.82. The SMILES string of the molecule is COC1CCCC(NCC(C)(O)CN(C)C)C1. The number of nitrogens with one attached hydrogen (secondary N) is 1.